The first-order valence-electron chi connectivity index (χ1n) is 8.05. The summed E-state index contributed by atoms with van der Waals surface area (Å²) in [6, 6.07) is 20.5. The third-order valence-electron chi connectivity index (χ3n) is 4.17. The highest BCUT2D eigenvalue weighted by molar-refractivity contribution is 6.34. The maximum Gasteiger partial charge on any atom is 0.266 e. The molecule has 1 N–H and O–H groups in total. The van der Waals surface area contributed by atoms with Gasteiger partial charge in [-0.3, -0.25) is 14.6 Å². The van der Waals surface area contributed by atoms with E-state index in [4.69, 9.17) is 0 Å². The van der Waals surface area contributed by atoms with Crippen molar-refractivity contribution in [2.24, 2.45) is 4.99 Å². The van der Waals surface area contributed by atoms with E-state index in [2.05, 4.69) is 4.99 Å². The van der Waals surface area contributed by atoms with Crippen LogP contribution in [0.5, 0.6) is 5.75 Å². The number of carbonyl (C=O) groups excluding carboxylic acids is 2. The molecule has 0 unspecified atom stereocenters. The molecule has 5 heteroatoms. The van der Waals surface area contributed by atoms with Gasteiger partial charge in [-0.1, -0.05) is 30.3 Å². The van der Waals surface area contributed by atoms with Gasteiger partial charge in [0, 0.05) is 11.8 Å². The highest BCUT2D eigenvalue weighted by Gasteiger charge is 2.36. The van der Waals surface area contributed by atoms with E-state index >= 15 is 0 Å². The Balaban J connectivity index is 1.67. The van der Waals surface area contributed by atoms with E-state index in [1.54, 1.807) is 66.7 Å². The second-order valence-electron chi connectivity index (χ2n) is 5.83. The molecule has 0 aliphatic carbocycles. The van der Waals surface area contributed by atoms with Crippen molar-refractivity contribution in [1.29, 1.82) is 0 Å². The van der Waals surface area contributed by atoms with Gasteiger partial charge in [0.15, 0.2) is 0 Å². The summed E-state index contributed by atoms with van der Waals surface area (Å²) in [6.07, 6.45) is 1.52. The van der Waals surface area contributed by atoms with Crippen LogP contribution in [0.1, 0.15) is 26.3 Å². The summed E-state index contributed by atoms with van der Waals surface area (Å²) in [5.41, 5.74) is 2.33. The third kappa shape index (κ3) is 2.65. The Morgan fingerprint density at radius 1 is 0.808 bits per heavy atom. The van der Waals surface area contributed by atoms with Crippen molar-refractivity contribution in [3.8, 4) is 5.75 Å². The summed E-state index contributed by atoms with van der Waals surface area (Å²) in [4.78, 5) is 30.8. The number of anilines is 1. The number of phenols is 1. The molecular formula is C21H14N2O3. The number of amides is 2. The predicted molar refractivity (Wildman–Crippen MR) is 99.4 cm³/mol. The number of hydrogen-bond acceptors (Lipinski definition) is 4. The fraction of sp³-hybridized carbons (Fsp3) is 0. The molecule has 0 saturated carbocycles. The normalized spacial score (nSPS) is 13.5. The van der Waals surface area contributed by atoms with Gasteiger partial charge in [0.2, 0.25) is 0 Å². The van der Waals surface area contributed by atoms with Crippen molar-refractivity contribution in [1.82, 2.24) is 0 Å². The van der Waals surface area contributed by atoms with Gasteiger partial charge in [0.05, 0.1) is 22.5 Å². The van der Waals surface area contributed by atoms with Crippen LogP contribution < -0.4 is 4.90 Å². The fourth-order valence-corrected chi connectivity index (χ4v) is 2.86. The second-order valence-corrected chi connectivity index (χ2v) is 5.83. The van der Waals surface area contributed by atoms with E-state index in [0.29, 0.717) is 28.1 Å². The molecule has 0 atom stereocenters. The summed E-state index contributed by atoms with van der Waals surface area (Å²) < 4.78 is 0. The average Bonchev–Trinajstić information content (AvgIpc) is 2.92. The molecule has 4 rings (SSSR count). The zero-order valence-corrected chi connectivity index (χ0v) is 13.7. The lowest BCUT2D eigenvalue weighted by Crippen LogP contribution is -2.29. The fourth-order valence-electron chi connectivity index (χ4n) is 2.86. The number of phenolic OH excluding ortho intramolecular Hbond substituents is 1. The van der Waals surface area contributed by atoms with Gasteiger partial charge in [0.25, 0.3) is 11.8 Å². The highest BCUT2D eigenvalue weighted by atomic mass is 16.3. The van der Waals surface area contributed by atoms with Crippen molar-refractivity contribution in [2.45, 2.75) is 0 Å². The van der Waals surface area contributed by atoms with E-state index in [1.807, 2.05) is 6.07 Å². The minimum Gasteiger partial charge on any atom is -0.507 e. The van der Waals surface area contributed by atoms with E-state index in [1.165, 1.54) is 11.1 Å². The first kappa shape index (κ1) is 15.8. The molecule has 2 amide bonds. The number of carbonyl (C=O) groups is 2. The van der Waals surface area contributed by atoms with Gasteiger partial charge < -0.3 is 5.11 Å². The van der Waals surface area contributed by atoms with E-state index < -0.39 is 0 Å². The van der Waals surface area contributed by atoms with Gasteiger partial charge in [-0.25, -0.2) is 4.90 Å². The summed E-state index contributed by atoms with van der Waals surface area (Å²) in [7, 11) is 0. The third-order valence-corrected chi connectivity index (χ3v) is 4.17. The Morgan fingerprint density at radius 3 is 2.27 bits per heavy atom. The largest absolute Gasteiger partial charge is 0.507 e. The molecule has 126 valence electrons. The van der Waals surface area contributed by atoms with Gasteiger partial charge in [-0.15, -0.1) is 0 Å². The molecular weight excluding hydrogens is 328 g/mol. The molecule has 5 nitrogen and oxygen atoms in total. The van der Waals surface area contributed by atoms with Crippen LogP contribution in [0, 0.1) is 0 Å². The summed E-state index contributed by atoms with van der Waals surface area (Å²) in [5.74, 6) is -0.581. The topological polar surface area (TPSA) is 70.0 Å². The number of imide groups is 1. The van der Waals surface area contributed by atoms with Crippen molar-refractivity contribution >= 4 is 29.4 Å². The average molecular weight is 342 g/mol. The molecule has 3 aromatic rings. The van der Waals surface area contributed by atoms with Gasteiger partial charge in [0.1, 0.15) is 5.75 Å². The van der Waals surface area contributed by atoms with Crippen molar-refractivity contribution < 1.29 is 14.7 Å². The lowest BCUT2D eigenvalue weighted by molar-refractivity contribution is 0.0926. The van der Waals surface area contributed by atoms with Crippen LogP contribution in [0.3, 0.4) is 0 Å². The number of para-hydroxylation sites is 2. The molecule has 0 fully saturated rings. The van der Waals surface area contributed by atoms with E-state index in [-0.39, 0.29) is 17.6 Å². The minimum absolute atomic E-state index is 0.124. The predicted octanol–water partition coefficient (Wildman–Crippen LogP) is 3.94. The van der Waals surface area contributed by atoms with E-state index in [9.17, 15) is 14.7 Å². The lowest BCUT2D eigenvalue weighted by atomic mass is 10.1. The van der Waals surface area contributed by atoms with Crippen molar-refractivity contribution in [3.05, 3.63) is 89.5 Å². The summed E-state index contributed by atoms with van der Waals surface area (Å²) in [5, 5.41) is 9.78. The lowest BCUT2D eigenvalue weighted by Gasteiger charge is -2.13. The zero-order valence-electron chi connectivity index (χ0n) is 13.7. The number of aliphatic imine (C=N–C) groups is 1. The molecule has 1 aliphatic heterocycles. The Bertz CT molecular complexity index is 1040. The number of rotatable bonds is 3. The first-order chi connectivity index (χ1) is 12.6. The van der Waals surface area contributed by atoms with Crippen LogP contribution in [0.25, 0.3) is 0 Å². The van der Waals surface area contributed by atoms with Gasteiger partial charge in [-0.05, 0) is 42.5 Å². The van der Waals surface area contributed by atoms with Crippen LogP contribution in [0.4, 0.5) is 11.4 Å². The van der Waals surface area contributed by atoms with E-state index in [0.717, 1.165) is 0 Å². The quantitative estimate of drug-likeness (QED) is 0.579. The smallest absolute Gasteiger partial charge is 0.266 e. The number of benzene rings is 3. The Morgan fingerprint density at radius 2 is 1.50 bits per heavy atom. The van der Waals surface area contributed by atoms with Gasteiger partial charge in [-0.2, -0.15) is 0 Å². The minimum atomic E-state index is -0.365. The molecule has 0 bridgehead atoms. The molecule has 0 radical (unpaired) electrons. The van der Waals surface area contributed by atoms with Crippen LogP contribution in [-0.4, -0.2) is 23.1 Å². The molecule has 1 aliphatic rings. The zero-order chi connectivity index (χ0) is 18.1. The Kier molecular flexibility index (Phi) is 3.82. The summed E-state index contributed by atoms with van der Waals surface area (Å²) >= 11 is 0. The SMILES string of the molecule is O=C1c2ccc(N=Cc3ccccc3O)cc2C(=O)N1c1ccccc1. The van der Waals surface area contributed by atoms with Crippen LogP contribution in [0.2, 0.25) is 0 Å². The summed E-state index contributed by atoms with van der Waals surface area (Å²) in [6.45, 7) is 0. The Labute approximate surface area is 149 Å². The standard InChI is InChI=1S/C21H14N2O3/c24-19-9-5-4-6-14(19)13-22-15-10-11-17-18(12-15)21(26)23(20(17)25)16-7-2-1-3-8-16/h1-13,24H. The van der Waals surface area contributed by atoms with Crippen LogP contribution in [0.15, 0.2) is 77.8 Å². The molecule has 26 heavy (non-hydrogen) atoms. The monoisotopic (exact) mass is 342 g/mol. The first-order valence-corrected chi connectivity index (χ1v) is 8.05. The maximum atomic E-state index is 12.7. The number of aromatic hydroxyl groups is 1. The Hall–Kier alpha value is -3.73. The van der Waals surface area contributed by atoms with Crippen LogP contribution in [-0.2, 0) is 0 Å². The number of hydrogen-bond donors (Lipinski definition) is 1. The van der Waals surface area contributed by atoms with Crippen molar-refractivity contribution in [3.63, 3.8) is 0 Å². The maximum absolute atomic E-state index is 12.7. The second kappa shape index (κ2) is 6.29. The van der Waals surface area contributed by atoms with Crippen LogP contribution >= 0.6 is 0 Å². The van der Waals surface area contributed by atoms with Crippen molar-refractivity contribution in [2.75, 3.05) is 4.90 Å². The highest BCUT2D eigenvalue weighted by Crippen LogP contribution is 2.30. The molecule has 3 aromatic carbocycles. The van der Waals surface area contributed by atoms with Gasteiger partial charge >= 0.3 is 0 Å². The molecule has 0 saturated heterocycles. The molecule has 0 aromatic heterocycles. The molecule has 0 spiro atoms. The molecule has 1 heterocycles. The number of nitrogens with zero attached hydrogens (tertiary/aromatic N) is 2. The number of fused-ring (bicyclic) bond motifs is 1.